The number of benzene rings is 3. The molecule has 37 heavy (non-hydrogen) atoms. The fourth-order valence-corrected chi connectivity index (χ4v) is 5.62. The third kappa shape index (κ3) is 8.80. The van der Waals surface area contributed by atoms with Crippen LogP contribution in [-0.2, 0) is 28.3 Å². The molecule has 0 aromatic heterocycles. The first kappa shape index (κ1) is 29.1. The van der Waals surface area contributed by atoms with Crippen LogP contribution in [0, 0.1) is 6.92 Å². The quantitative estimate of drug-likeness (QED) is 0.290. The average molecular weight is 558 g/mol. The Kier molecular flexibility index (Phi) is 10.5. The molecular weight excluding hydrogens is 523 g/mol. The Morgan fingerprint density at radius 1 is 0.919 bits per heavy atom. The molecule has 0 bridgehead atoms. The minimum absolute atomic E-state index is 0.110. The van der Waals surface area contributed by atoms with Gasteiger partial charge in [0.2, 0.25) is 11.8 Å². The van der Waals surface area contributed by atoms with Gasteiger partial charge in [0.1, 0.15) is 6.04 Å². The molecule has 0 aliphatic carbocycles. The maximum atomic E-state index is 13.8. The number of thioether (sulfide) groups is 1. The number of carbonyl (C=O) groups is 2. The SMILES string of the molecule is Cc1ccccc1CN(C(=O)CSCc1c(Cl)cccc1Cl)[C@@H](Cc1ccccc1)C(=O)NC(C)(C)C. The van der Waals surface area contributed by atoms with Crippen molar-refractivity contribution in [3.05, 3.63) is 105 Å². The first-order valence-corrected chi connectivity index (χ1v) is 14.2. The molecule has 0 saturated carbocycles. The van der Waals surface area contributed by atoms with E-state index in [4.69, 9.17) is 23.2 Å². The van der Waals surface area contributed by atoms with Crippen molar-refractivity contribution in [1.82, 2.24) is 10.2 Å². The maximum Gasteiger partial charge on any atom is 0.243 e. The van der Waals surface area contributed by atoms with E-state index in [1.54, 1.807) is 23.1 Å². The molecule has 3 rings (SSSR count). The van der Waals surface area contributed by atoms with Crippen LogP contribution in [0.1, 0.15) is 43.0 Å². The second kappa shape index (κ2) is 13.4. The zero-order valence-corrected chi connectivity index (χ0v) is 24.1. The Balaban J connectivity index is 1.90. The fourth-order valence-electron chi connectivity index (χ4n) is 3.97. The molecule has 196 valence electrons. The number of carbonyl (C=O) groups excluding carboxylic acids is 2. The van der Waals surface area contributed by atoms with Crippen LogP contribution in [0.4, 0.5) is 0 Å². The first-order valence-electron chi connectivity index (χ1n) is 12.3. The Morgan fingerprint density at radius 2 is 1.54 bits per heavy atom. The molecule has 4 nitrogen and oxygen atoms in total. The van der Waals surface area contributed by atoms with Crippen molar-refractivity contribution >= 4 is 46.8 Å². The zero-order valence-electron chi connectivity index (χ0n) is 21.8. The van der Waals surface area contributed by atoms with E-state index < -0.39 is 11.6 Å². The van der Waals surface area contributed by atoms with Crippen LogP contribution in [0.3, 0.4) is 0 Å². The van der Waals surface area contributed by atoms with E-state index in [9.17, 15) is 9.59 Å². The highest BCUT2D eigenvalue weighted by Gasteiger charge is 2.32. The maximum absolute atomic E-state index is 13.8. The van der Waals surface area contributed by atoms with Gasteiger partial charge in [0, 0.05) is 34.3 Å². The summed E-state index contributed by atoms with van der Waals surface area (Å²) >= 11 is 14.1. The lowest BCUT2D eigenvalue weighted by molar-refractivity contribution is -0.140. The van der Waals surface area contributed by atoms with Crippen LogP contribution in [0.15, 0.2) is 72.8 Å². The number of hydrogen-bond acceptors (Lipinski definition) is 3. The summed E-state index contributed by atoms with van der Waals surface area (Å²) in [6, 6.07) is 22.5. The number of hydrogen-bond donors (Lipinski definition) is 1. The highest BCUT2D eigenvalue weighted by Crippen LogP contribution is 2.29. The van der Waals surface area contributed by atoms with E-state index in [2.05, 4.69) is 5.32 Å². The van der Waals surface area contributed by atoms with Crippen molar-refractivity contribution in [3.8, 4) is 0 Å². The average Bonchev–Trinajstić information content (AvgIpc) is 2.83. The molecule has 1 N–H and O–H groups in total. The van der Waals surface area contributed by atoms with Gasteiger partial charge in [-0.2, -0.15) is 0 Å². The lowest BCUT2D eigenvalue weighted by Gasteiger charge is -2.34. The standard InChI is InChI=1S/C30H34Cl2N2O2S/c1-21-11-8-9-14-23(21)18-34(28(35)20-37-19-24-25(31)15-10-16-26(24)32)27(29(36)33-30(2,3)4)17-22-12-6-5-7-13-22/h5-16,27H,17-20H2,1-4H3,(H,33,36)/t27-/m0/s1. The van der Waals surface area contributed by atoms with Crippen LogP contribution >= 0.6 is 35.0 Å². The van der Waals surface area contributed by atoms with E-state index in [1.165, 1.54) is 11.8 Å². The summed E-state index contributed by atoms with van der Waals surface area (Å²) < 4.78 is 0. The molecule has 1 atom stereocenters. The van der Waals surface area contributed by atoms with Crippen molar-refractivity contribution in [2.75, 3.05) is 5.75 Å². The molecule has 0 radical (unpaired) electrons. The van der Waals surface area contributed by atoms with Crippen LogP contribution < -0.4 is 5.32 Å². The summed E-state index contributed by atoms with van der Waals surface area (Å²) in [6.07, 6.45) is 0.418. The van der Waals surface area contributed by atoms with Gasteiger partial charge in [-0.1, -0.05) is 83.9 Å². The number of aryl methyl sites for hydroxylation is 1. The third-order valence-corrected chi connectivity index (χ3v) is 7.56. The molecule has 0 fully saturated rings. The van der Waals surface area contributed by atoms with Gasteiger partial charge in [-0.05, 0) is 62.1 Å². The second-order valence-electron chi connectivity index (χ2n) is 10.1. The van der Waals surface area contributed by atoms with Crippen LogP contribution in [0.2, 0.25) is 10.0 Å². The summed E-state index contributed by atoms with van der Waals surface area (Å²) in [5.74, 6) is 0.417. The van der Waals surface area contributed by atoms with Gasteiger partial charge < -0.3 is 10.2 Å². The van der Waals surface area contributed by atoms with Crippen LogP contribution in [-0.4, -0.2) is 34.0 Å². The Hall–Kier alpha value is -2.47. The van der Waals surface area contributed by atoms with Gasteiger partial charge >= 0.3 is 0 Å². The number of halogens is 2. The second-order valence-corrected chi connectivity index (χ2v) is 11.9. The molecule has 3 aromatic rings. The van der Waals surface area contributed by atoms with Crippen molar-refractivity contribution in [3.63, 3.8) is 0 Å². The Labute approximate surface area is 234 Å². The highest BCUT2D eigenvalue weighted by atomic mass is 35.5. The highest BCUT2D eigenvalue weighted by molar-refractivity contribution is 7.99. The van der Waals surface area contributed by atoms with Gasteiger partial charge in [0.05, 0.1) is 5.75 Å². The van der Waals surface area contributed by atoms with Gasteiger partial charge in [-0.25, -0.2) is 0 Å². The lowest BCUT2D eigenvalue weighted by Crippen LogP contribution is -2.54. The lowest BCUT2D eigenvalue weighted by atomic mass is 10.00. The molecule has 0 aliphatic rings. The smallest absolute Gasteiger partial charge is 0.243 e. The topological polar surface area (TPSA) is 49.4 Å². The predicted octanol–water partition coefficient (Wildman–Crippen LogP) is 7.09. The molecule has 7 heteroatoms. The number of nitrogens with zero attached hydrogens (tertiary/aromatic N) is 1. The van der Waals surface area contributed by atoms with E-state index in [-0.39, 0.29) is 17.6 Å². The van der Waals surface area contributed by atoms with Gasteiger partial charge in [0.25, 0.3) is 0 Å². The molecule has 0 spiro atoms. The van der Waals surface area contributed by atoms with Crippen LogP contribution in [0.25, 0.3) is 0 Å². The van der Waals surface area contributed by atoms with Crippen LogP contribution in [0.5, 0.6) is 0 Å². The Morgan fingerprint density at radius 3 is 2.16 bits per heavy atom. The monoisotopic (exact) mass is 556 g/mol. The normalized spacial score (nSPS) is 12.2. The molecule has 2 amide bonds. The van der Waals surface area contributed by atoms with E-state index >= 15 is 0 Å². The van der Waals surface area contributed by atoms with Crippen molar-refractivity contribution in [2.45, 2.75) is 58.0 Å². The summed E-state index contributed by atoms with van der Waals surface area (Å²) in [5.41, 5.74) is 3.45. The Bertz CT molecular complexity index is 1190. The molecule has 0 aliphatic heterocycles. The number of amides is 2. The molecule has 0 saturated heterocycles. The fraction of sp³-hybridized carbons (Fsp3) is 0.333. The zero-order chi connectivity index (χ0) is 27.0. The molecular formula is C30H34Cl2N2O2S. The minimum atomic E-state index is -0.668. The van der Waals surface area contributed by atoms with E-state index in [0.717, 1.165) is 22.3 Å². The molecule has 3 aromatic carbocycles. The first-order chi connectivity index (χ1) is 17.5. The molecule has 0 heterocycles. The van der Waals surface area contributed by atoms with Crippen molar-refractivity contribution in [1.29, 1.82) is 0 Å². The van der Waals surface area contributed by atoms with Crippen molar-refractivity contribution in [2.24, 2.45) is 0 Å². The van der Waals surface area contributed by atoms with Gasteiger partial charge in [0.15, 0.2) is 0 Å². The molecule has 0 unspecified atom stereocenters. The van der Waals surface area contributed by atoms with Crippen molar-refractivity contribution < 1.29 is 9.59 Å². The van der Waals surface area contributed by atoms with E-state index in [0.29, 0.717) is 28.8 Å². The van der Waals surface area contributed by atoms with Gasteiger partial charge in [-0.3, -0.25) is 9.59 Å². The largest absolute Gasteiger partial charge is 0.350 e. The van der Waals surface area contributed by atoms with Gasteiger partial charge in [-0.15, -0.1) is 11.8 Å². The summed E-state index contributed by atoms with van der Waals surface area (Å²) in [4.78, 5) is 29.1. The summed E-state index contributed by atoms with van der Waals surface area (Å²) in [6.45, 7) is 8.20. The summed E-state index contributed by atoms with van der Waals surface area (Å²) in [5, 5.41) is 4.26. The summed E-state index contributed by atoms with van der Waals surface area (Å²) in [7, 11) is 0. The predicted molar refractivity (Wildman–Crippen MR) is 156 cm³/mol. The number of rotatable bonds is 10. The third-order valence-electron chi connectivity index (χ3n) is 5.90. The number of nitrogens with one attached hydrogen (secondary N) is 1. The van der Waals surface area contributed by atoms with E-state index in [1.807, 2.05) is 82.3 Å². The minimum Gasteiger partial charge on any atom is -0.350 e.